The Morgan fingerprint density at radius 2 is 1.89 bits per heavy atom. The van der Waals surface area contributed by atoms with Gasteiger partial charge in [-0.25, -0.2) is 0 Å². The number of aromatic nitrogens is 3. The molecule has 0 aliphatic carbocycles. The van der Waals surface area contributed by atoms with Gasteiger partial charge in [-0.1, -0.05) is 35.5 Å². The third-order valence-electron chi connectivity index (χ3n) is 4.10. The predicted octanol–water partition coefficient (Wildman–Crippen LogP) is 4.07. The Morgan fingerprint density at radius 1 is 1.11 bits per heavy atom. The van der Waals surface area contributed by atoms with Crippen molar-refractivity contribution in [2.75, 3.05) is 0 Å². The molecule has 0 radical (unpaired) electrons. The fraction of sp³-hybridized carbons (Fsp3) is 0.100. The Hall–Kier alpha value is -3.94. The second kappa shape index (κ2) is 7.75. The van der Waals surface area contributed by atoms with Gasteiger partial charge < -0.3 is 23.9 Å². The molecule has 0 atom stereocenters. The number of hydrogen-bond donors (Lipinski definition) is 0. The summed E-state index contributed by atoms with van der Waals surface area (Å²) >= 11 is 0. The van der Waals surface area contributed by atoms with E-state index in [0.717, 1.165) is 16.9 Å². The highest BCUT2D eigenvalue weighted by Gasteiger charge is 2.12. The minimum absolute atomic E-state index is 0.203. The molecule has 0 saturated carbocycles. The van der Waals surface area contributed by atoms with Crippen LogP contribution in [0.15, 0.2) is 77.7 Å². The van der Waals surface area contributed by atoms with E-state index in [1.807, 2.05) is 54.6 Å². The van der Waals surface area contributed by atoms with E-state index < -0.39 is 4.92 Å². The SMILES string of the molecule is O=[N+]([O-])c1cn(Cc2cc(-c3ccc(OCc4ccccc4)cc3)no2)cn1. The fourth-order valence-electron chi connectivity index (χ4n) is 2.70. The maximum atomic E-state index is 10.7. The lowest BCUT2D eigenvalue weighted by molar-refractivity contribution is -0.389. The summed E-state index contributed by atoms with van der Waals surface area (Å²) in [5.74, 6) is 1.14. The average Bonchev–Trinajstić information content (AvgIpc) is 3.38. The molecule has 0 spiro atoms. The van der Waals surface area contributed by atoms with E-state index in [4.69, 9.17) is 9.26 Å². The molecule has 0 amide bonds. The molecule has 140 valence electrons. The summed E-state index contributed by atoms with van der Waals surface area (Å²) in [4.78, 5) is 13.9. The van der Waals surface area contributed by atoms with Crippen LogP contribution in [0, 0.1) is 10.1 Å². The van der Waals surface area contributed by atoms with Crippen molar-refractivity contribution in [2.45, 2.75) is 13.2 Å². The van der Waals surface area contributed by atoms with Crippen LogP contribution in [0.2, 0.25) is 0 Å². The Kier molecular flexibility index (Phi) is 4.83. The van der Waals surface area contributed by atoms with Crippen LogP contribution in [-0.2, 0) is 13.2 Å². The van der Waals surface area contributed by atoms with E-state index in [1.165, 1.54) is 12.5 Å². The monoisotopic (exact) mass is 376 g/mol. The Labute approximate surface area is 160 Å². The maximum Gasteiger partial charge on any atom is 0.381 e. The molecule has 2 aromatic heterocycles. The Bertz CT molecular complexity index is 1070. The second-order valence-corrected chi connectivity index (χ2v) is 6.14. The van der Waals surface area contributed by atoms with Crippen LogP contribution < -0.4 is 4.74 Å². The third kappa shape index (κ3) is 4.07. The zero-order valence-electron chi connectivity index (χ0n) is 14.8. The Morgan fingerprint density at radius 3 is 2.61 bits per heavy atom. The lowest BCUT2D eigenvalue weighted by Gasteiger charge is -2.06. The van der Waals surface area contributed by atoms with Gasteiger partial charge >= 0.3 is 5.82 Å². The van der Waals surface area contributed by atoms with Gasteiger partial charge in [0, 0.05) is 11.6 Å². The smallest absolute Gasteiger partial charge is 0.381 e. The number of rotatable bonds is 7. The van der Waals surface area contributed by atoms with Crippen LogP contribution in [0.25, 0.3) is 11.3 Å². The molecular weight excluding hydrogens is 360 g/mol. The quantitative estimate of drug-likeness (QED) is 0.356. The molecule has 8 nitrogen and oxygen atoms in total. The molecule has 0 N–H and O–H groups in total. The molecular formula is C20H16N4O4. The Balaban J connectivity index is 1.39. The minimum Gasteiger partial charge on any atom is -0.489 e. The van der Waals surface area contributed by atoms with Crippen molar-refractivity contribution in [3.05, 3.63) is 94.6 Å². The molecule has 4 rings (SSSR count). The molecule has 4 aromatic rings. The number of imidazole rings is 1. The zero-order chi connectivity index (χ0) is 19.3. The first-order valence-electron chi connectivity index (χ1n) is 8.56. The van der Waals surface area contributed by atoms with Gasteiger partial charge in [-0.05, 0) is 39.7 Å². The number of nitrogens with zero attached hydrogens (tertiary/aromatic N) is 4. The summed E-state index contributed by atoms with van der Waals surface area (Å²) in [7, 11) is 0. The van der Waals surface area contributed by atoms with Gasteiger partial charge in [0.1, 0.15) is 24.2 Å². The van der Waals surface area contributed by atoms with Crippen molar-refractivity contribution in [3.63, 3.8) is 0 Å². The van der Waals surface area contributed by atoms with Gasteiger partial charge in [-0.3, -0.25) is 0 Å². The van der Waals surface area contributed by atoms with Crippen LogP contribution in [-0.4, -0.2) is 19.6 Å². The van der Waals surface area contributed by atoms with E-state index in [2.05, 4.69) is 10.1 Å². The summed E-state index contributed by atoms with van der Waals surface area (Å²) in [5.41, 5.74) is 2.67. The summed E-state index contributed by atoms with van der Waals surface area (Å²) < 4.78 is 12.7. The highest BCUT2D eigenvalue weighted by molar-refractivity contribution is 5.59. The molecule has 2 aromatic carbocycles. The highest BCUT2D eigenvalue weighted by atomic mass is 16.6. The molecule has 0 aliphatic rings. The van der Waals surface area contributed by atoms with E-state index in [0.29, 0.717) is 24.6 Å². The van der Waals surface area contributed by atoms with Crippen molar-refractivity contribution in [1.29, 1.82) is 0 Å². The van der Waals surface area contributed by atoms with E-state index in [-0.39, 0.29) is 5.82 Å². The summed E-state index contributed by atoms with van der Waals surface area (Å²) in [5, 5.41) is 14.8. The number of hydrogen-bond acceptors (Lipinski definition) is 6. The van der Waals surface area contributed by atoms with Crippen molar-refractivity contribution in [1.82, 2.24) is 14.7 Å². The number of benzene rings is 2. The first-order valence-corrected chi connectivity index (χ1v) is 8.56. The minimum atomic E-state index is -0.538. The van der Waals surface area contributed by atoms with Crippen LogP contribution in [0.4, 0.5) is 5.82 Å². The predicted molar refractivity (Wildman–Crippen MR) is 101 cm³/mol. The van der Waals surface area contributed by atoms with Crippen molar-refractivity contribution < 1.29 is 14.2 Å². The average molecular weight is 376 g/mol. The fourth-order valence-corrected chi connectivity index (χ4v) is 2.70. The van der Waals surface area contributed by atoms with E-state index in [9.17, 15) is 10.1 Å². The molecule has 8 heteroatoms. The molecule has 2 heterocycles. The third-order valence-corrected chi connectivity index (χ3v) is 4.10. The molecule has 0 bridgehead atoms. The topological polar surface area (TPSA) is 96.2 Å². The molecule has 28 heavy (non-hydrogen) atoms. The zero-order valence-corrected chi connectivity index (χ0v) is 14.8. The largest absolute Gasteiger partial charge is 0.489 e. The van der Waals surface area contributed by atoms with Crippen LogP contribution in [0.5, 0.6) is 5.75 Å². The maximum absolute atomic E-state index is 10.7. The van der Waals surface area contributed by atoms with Crippen LogP contribution >= 0.6 is 0 Å². The van der Waals surface area contributed by atoms with Gasteiger partial charge in [0.25, 0.3) is 0 Å². The van der Waals surface area contributed by atoms with E-state index >= 15 is 0 Å². The lowest BCUT2D eigenvalue weighted by atomic mass is 10.1. The highest BCUT2D eigenvalue weighted by Crippen LogP contribution is 2.23. The van der Waals surface area contributed by atoms with Gasteiger partial charge in [-0.15, -0.1) is 0 Å². The van der Waals surface area contributed by atoms with E-state index in [1.54, 1.807) is 10.6 Å². The van der Waals surface area contributed by atoms with Gasteiger partial charge in [0.2, 0.25) is 6.33 Å². The first kappa shape index (κ1) is 17.5. The summed E-state index contributed by atoms with van der Waals surface area (Å²) in [6.07, 6.45) is 2.74. The van der Waals surface area contributed by atoms with Gasteiger partial charge in [0.05, 0.1) is 6.54 Å². The normalized spacial score (nSPS) is 10.7. The van der Waals surface area contributed by atoms with Crippen LogP contribution in [0.1, 0.15) is 11.3 Å². The van der Waals surface area contributed by atoms with Crippen molar-refractivity contribution in [2.24, 2.45) is 0 Å². The molecule has 0 unspecified atom stereocenters. The van der Waals surface area contributed by atoms with Gasteiger partial charge in [-0.2, -0.15) is 0 Å². The number of nitro groups is 1. The summed E-state index contributed by atoms with van der Waals surface area (Å²) in [6.45, 7) is 0.817. The molecule has 0 saturated heterocycles. The molecule has 0 fully saturated rings. The summed E-state index contributed by atoms with van der Waals surface area (Å²) in [6, 6.07) is 19.3. The lowest BCUT2D eigenvalue weighted by Crippen LogP contribution is -1.95. The van der Waals surface area contributed by atoms with Crippen molar-refractivity contribution >= 4 is 5.82 Å². The van der Waals surface area contributed by atoms with Crippen LogP contribution in [0.3, 0.4) is 0 Å². The standard InChI is InChI=1S/C20H16N4O4/c25-24(26)20-12-23(14-21-20)11-18-10-19(22-28-18)16-6-8-17(9-7-16)27-13-15-4-2-1-3-5-15/h1-10,12,14H,11,13H2. The second-order valence-electron chi connectivity index (χ2n) is 6.14. The van der Waals surface area contributed by atoms with Crippen molar-refractivity contribution in [3.8, 4) is 17.0 Å². The molecule has 0 aliphatic heterocycles. The van der Waals surface area contributed by atoms with Gasteiger partial charge in [0.15, 0.2) is 5.76 Å². The first-order chi connectivity index (χ1) is 13.7. The number of ether oxygens (including phenoxy) is 1.